The summed E-state index contributed by atoms with van der Waals surface area (Å²) in [6, 6.07) is 4.63. The normalized spacial score (nSPS) is 26.1. The molecule has 6 nitrogen and oxygen atoms in total. The lowest BCUT2D eigenvalue weighted by molar-refractivity contribution is -0.116. The number of amides is 2. The second-order valence-corrected chi connectivity index (χ2v) is 9.07. The van der Waals surface area contributed by atoms with E-state index in [4.69, 9.17) is 11.6 Å². The molecule has 2 aliphatic heterocycles. The maximum absolute atomic E-state index is 12.9. The third-order valence-corrected chi connectivity index (χ3v) is 6.93. The summed E-state index contributed by atoms with van der Waals surface area (Å²) >= 11 is 6.28. The molecule has 0 aliphatic carbocycles. The van der Waals surface area contributed by atoms with Gasteiger partial charge in [0.05, 0.1) is 22.0 Å². The summed E-state index contributed by atoms with van der Waals surface area (Å²) in [5.74, 6) is -0.840. The van der Waals surface area contributed by atoms with Crippen LogP contribution < -0.4 is 4.31 Å². The number of nitrogens with zero attached hydrogens (tertiary/aromatic N) is 2. The van der Waals surface area contributed by atoms with Gasteiger partial charge in [-0.25, -0.2) is 12.7 Å². The Morgan fingerprint density at radius 2 is 1.84 bits per heavy atom. The van der Waals surface area contributed by atoms with Crippen LogP contribution in [0.4, 0.5) is 5.69 Å². The van der Waals surface area contributed by atoms with Crippen LogP contribution in [0.3, 0.4) is 0 Å². The summed E-state index contributed by atoms with van der Waals surface area (Å²) in [5, 5.41) is 0.155. The summed E-state index contributed by atoms with van der Waals surface area (Å²) < 4.78 is 24.8. The number of hydrogen-bond acceptors (Lipinski definition) is 4. The Balaban J connectivity index is 1.92. The Labute approximate surface area is 152 Å². The van der Waals surface area contributed by atoms with Crippen molar-refractivity contribution in [2.24, 2.45) is 0 Å². The number of benzene rings is 1. The van der Waals surface area contributed by atoms with Crippen LogP contribution in [0.25, 0.3) is 0 Å². The summed E-state index contributed by atoms with van der Waals surface area (Å²) in [5.41, 5.74) is 0.513. The monoisotopic (exact) mass is 384 g/mol. The molecule has 2 fully saturated rings. The fourth-order valence-corrected chi connectivity index (χ4v) is 5.34. The van der Waals surface area contributed by atoms with Gasteiger partial charge in [-0.2, -0.15) is 0 Å². The Hall–Kier alpha value is -1.60. The summed E-state index contributed by atoms with van der Waals surface area (Å²) in [7, 11) is -3.65. The lowest BCUT2D eigenvalue weighted by Gasteiger charge is -2.39. The van der Waals surface area contributed by atoms with Gasteiger partial charge in [-0.05, 0) is 51.3 Å². The Kier molecular flexibility index (Phi) is 4.81. The summed E-state index contributed by atoms with van der Waals surface area (Å²) in [4.78, 5) is 26.6. The second kappa shape index (κ2) is 6.61. The molecule has 0 bridgehead atoms. The van der Waals surface area contributed by atoms with Gasteiger partial charge in [-0.15, -0.1) is 0 Å². The van der Waals surface area contributed by atoms with Gasteiger partial charge in [-0.3, -0.25) is 9.59 Å². The molecule has 2 saturated heterocycles. The van der Waals surface area contributed by atoms with Crippen molar-refractivity contribution in [1.29, 1.82) is 0 Å². The zero-order valence-electron chi connectivity index (χ0n) is 14.2. The van der Waals surface area contributed by atoms with Crippen LogP contribution in [0.2, 0.25) is 5.02 Å². The van der Waals surface area contributed by atoms with Gasteiger partial charge in [0.2, 0.25) is 15.9 Å². The zero-order valence-corrected chi connectivity index (χ0v) is 15.8. The number of carbonyl (C=O) groups excluding carboxylic acids is 2. The molecular weight excluding hydrogens is 364 g/mol. The van der Waals surface area contributed by atoms with E-state index in [1.54, 1.807) is 0 Å². The third-order valence-electron chi connectivity index (χ3n) is 4.92. The number of carbonyl (C=O) groups is 2. The number of likely N-dealkylation sites (tertiary alicyclic amines) is 1. The molecule has 0 unspecified atom stereocenters. The second-order valence-electron chi connectivity index (χ2n) is 6.73. The number of halogens is 1. The highest BCUT2D eigenvalue weighted by Gasteiger charge is 2.37. The number of piperidine rings is 1. The molecule has 8 heteroatoms. The van der Waals surface area contributed by atoms with Crippen LogP contribution in [0, 0.1) is 0 Å². The molecule has 136 valence electrons. The van der Waals surface area contributed by atoms with E-state index in [1.165, 1.54) is 18.2 Å². The quantitative estimate of drug-likeness (QED) is 0.785. The Morgan fingerprint density at radius 3 is 2.36 bits per heavy atom. The Morgan fingerprint density at radius 1 is 1.20 bits per heavy atom. The van der Waals surface area contributed by atoms with Gasteiger partial charge in [0.15, 0.2) is 0 Å². The SMILES string of the molecule is C[C@@H]1CCC[C@H](C)N1C(=O)c1ccc(N2C(=O)CCS2(=O)=O)cc1Cl. The van der Waals surface area contributed by atoms with Crippen LogP contribution >= 0.6 is 11.6 Å². The maximum Gasteiger partial charge on any atom is 0.255 e. The molecule has 0 saturated carbocycles. The third kappa shape index (κ3) is 3.27. The predicted molar refractivity (Wildman–Crippen MR) is 96.3 cm³/mol. The number of hydrogen-bond donors (Lipinski definition) is 0. The fourth-order valence-electron chi connectivity index (χ4n) is 3.63. The van der Waals surface area contributed by atoms with E-state index >= 15 is 0 Å². The van der Waals surface area contributed by atoms with Crippen molar-refractivity contribution in [1.82, 2.24) is 4.90 Å². The molecule has 2 aliphatic rings. The highest BCUT2D eigenvalue weighted by molar-refractivity contribution is 7.94. The molecule has 25 heavy (non-hydrogen) atoms. The minimum atomic E-state index is -3.65. The van der Waals surface area contributed by atoms with Crippen molar-refractivity contribution in [2.75, 3.05) is 10.1 Å². The lowest BCUT2D eigenvalue weighted by atomic mass is 9.96. The van der Waals surface area contributed by atoms with Crippen LogP contribution in [-0.4, -0.2) is 43.0 Å². The molecule has 2 atom stereocenters. The fraction of sp³-hybridized carbons (Fsp3) is 0.529. The molecule has 0 aromatic heterocycles. The maximum atomic E-state index is 12.9. The topological polar surface area (TPSA) is 74.8 Å². The number of sulfonamides is 1. The van der Waals surface area contributed by atoms with Crippen molar-refractivity contribution in [3.8, 4) is 0 Å². The molecule has 3 rings (SSSR count). The zero-order chi connectivity index (χ0) is 18.4. The highest BCUT2D eigenvalue weighted by atomic mass is 35.5. The first-order valence-corrected chi connectivity index (χ1v) is 10.4. The Bertz CT molecular complexity index is 814. The van der Waals surface area contributed by atoms with Crippen molar-refractivity contribution in [2.45, 2.75) is 51.6 Å². The number of rotatable bonds is 2. The van der Waals surface area contributed by atoms with Crippen LogP contribution in [0.5, 0.6) is 0 Å². The average Bonchev–Trinajstić information content (AvgIpc) is 2.80. The van der Waals surface area contributed by atoms with Crippen LogP contribution in [-0.2, 0) is 14.8 Å². The van der Waals surface area contributed by atoms with Crippen LogP contribution in [0.1, 0.15) is 49.9 Å². The average molecular weight is 385 g/mol. The van der Waals surface area contributed by atoms with E-state index in [9.17, 15) is 18.0 Å². The van der Waals surface area contributed by atoms with Crippen molar-refractivity contribution < 1.29 is 18.0 Å². The van der Waals surface area contributed by atoms with Gasteiger partial charge in [0.25, 0.3) is 5.91 Å². The van der Waals surface area contributed by atoms with E-state index in [1.807, 2.05) is 18.7 Å². The van der Waals surface area contributed by atoms with E-state index in [0.717, 1.165) is 23.6 Å². The molecule has 1 aromatic rings. The van der Waals surface area contributed by atoms with E-state index < -0.39 is 15.9 Å². The van der Waals surface area contributed by atoms with Crippen molar-refractivity contribution >= 4 is 39.1 Å². The van der Waals surface area contributed by atoms with Gasteiger partial charge in [0, 0.05) is 18.5 Å². The molecule has 2 amide bonds. The molecule has 0 N–H and O–H groups in total. The first kappa shape index (κ1) is 18.2. The molecule has 2 heterocycles. The van der Waals surface area contributed by atoms with E-state index in [0.29, 0.717) is 5.56 Å². The minimum absolute atomic E-state index is 0.0383. The van der Waals surface area contributed by atoms with Crippen LogP contribution in [0.15, 0.2) is 18.2 Å². The molecular formula is C17H21ClN2O4S. The van der Waals surface area contributed by atoms with Gasteiger partial charge in [0.1, 0.15) is 0 Å². The van der Waals surface area contributed by atoms with E-state index in [-0.39, 0.29) is 40.9 Å². The number of anilines is 1. The molecule has 0 radical (unpaired) electrons. The summed E-state index contributed by atoms with van der Waals surface area (Å²) in [6.07, 6.45) is 2.95. The first-order chi connectivity index (χ1) is 11.7. The van der Waals surface area contributed by atoms with Crippen molar-refractivity contribution in [3.05, 3.63) is 28.8 Å². The summed E-state index contributed by atoms with van der Waals surface area (Å²) in [6.45, 7) is 4.04. The van der Waals surface area contributed by atoms with Crippen molar-refractivity contribution in [3.63, 3.8) is 0 Å². The largest absolute Gasteiger partial charge is 0.333 e. The van der Waals surface area contributed by atoms with Gasteiger partial charge >= 0.3 is 0 Å². The van der Waals surface area contributed by atoms with Gasteiger partial charge < -0.3 is 4.90 Å². The van der Waals surface area contributed by atoms with E-state index in [2.05, 4.69) is 0 Å². The lowest BCUT2D eigenvalue weighted by Crippen LogP contribution is -2.47. The smallest absolute Gasteiger partial charge is 0.255 e. The first-order valence-electron chi connectivity index (χ1n) is 8.40. The standard InChI is InChI=1S/C17H21ClN2O4S/c1-11-4-3-5-12(2)19(11)17(22)14-7-6-13(10-15(14)18)20-16(21)8-9-25(20,23)24/h6-7,10-12H,3-5,8-9H2,1-2H3/t11-,12+. The minimum Gasteiger partial charge on any atom is -0.333 e. The molecule has 1 aromatic carbocycles. The van der Waals surface area contributed by atoms with Gasteiger partial charge in [-0.1, -0.05) is 11.6 Å². The highest BCUT2D eigenvalue weighted by Crippen LogP contribution is 2.32. The molecule has 0 spiro atoms. The predicted octanol–water partition coefficient (Wildman–Crippen LogP) is 2.81.